The average molecular weight is 253 g/mol. The molecule has 0 amide bonds. The van der Waals surface area contributed by atoms with E-state index in [1.165, 1.54) is 11.1 Å². The molecular weight excluding hydrogens is 230 g/mol. The Morgan fingerprint density at radius 3 is 2.56 bits per heavy atom. The van der Waals surface area contributed by atoms with E-state index in [2.05, 4.69) is 12.2 Å². The molecule has 18 heavy (non-hydrogen) atoms. The number of aryl methyl sites for hydroxylation is 1. The first-order valence-corrected chi connectivity index (χ1v) is 6.26. The molecule has 0 fully saturated rings. The average Bonchev–Trinajstić information content (AvgIpc) is 2.39. The third-order valence-corrected chi connectivity index (χ3v) is 2.92. The van der Waals surface area contributed by atoms with Crippen molar-refractivity contribution >= 4 is 0 Å². The van der Waals surface area contributed by atoms with E-state index >= 15 is 0 Å². The maximum absolute atomic E-state index is 8.69. The molecule has 0 aliphatic carbocycles. The highest BCUT2D eigenvalue weighted by Crippen LogP contribution is 2.28. The highest BCUT2D eigenvalue weighted by atomic mass is 16.5. The van der Waals surface area contributed by atoms with E-state index in [9.17, 15) is 0 Å². The van der Waals surface area contributed by atoms with E-state index in [-0.39, 0.29) is 6.61 Å². The lowest BCUT2D eigenvalue weighted by Gasteiger charge is -2.14. The molecule has 0 heterocycles. The smallest absolute Gasteiger partial charge is 0.126 e. The van der Waals surface area contributed by atoms with Crippen LogP contribution in [0.4, 0.5) is 0 Å². The van der Waals surface area contributed by atoms with Crippen LogP contribution in [0.1, 0.15) is 17.5 Å². The minimum Gasteiger partial charge on any atom is -0.497 e. The quantitative estimate of drug-likeness (QED) is 0.690. The van der Waals surface area contributed by atoms with Gasteiger partial charge in [-0.2, -0.15) is 0 Å². The standard InChI is InChI=1S/C14H23NO3/c1-11-9-12(17-2)10-14(18-3)13(11)5-7-15-6-4-8-16/h9-10,15-16H,4-8H2,1-3H3. The van der Waals surface area contributed by atoms with Gasteiger partial charge in [-0.25, -0.2) is 0 Å². The molecule has 0 unspecified atom stereocenters. The van der Waals surface area contributed by atoms with Crippen LogP contribution in [0.2, 0.25) is 0 Å². The van der Waals surface area contributed by atoms with E-state index < -0.39 is 0 Å². The maximum atomic E-state index is 8.69. The highest BCUT2D eigenvalue weighted by molar-refractivity contribution is 5.46. The third kappa shape index (κ3) is 4.20. The fourth-order valence-electron chi connectivity index (χ4n) is 1.92. The second-order valence-corrected chi connectivity index (χ2v) is 4.20. The fraction of sp³-hybridized carbons (Fsp3) is 0.571. The third-order valence-electron chi connectivity index (χ3n) is 2.92. The van der Waals surface area contributed by atoms with Gasteiger partial charge in [0, 0.05) is 12.7 Å². The van der Waals surface area contributed by atoms with Gasteiger partial charge in [0.1, 0.15) is 11.5 Å². The molecular formula is C14H23NO3. The summed E-state index contributed by atoms with van der Waals surface area (Å²) in [4.78, 5) is 0. The van der Waals surface area contributed by atoms with Gasteiger partial charge in [-0.1, -0.05) is 0 Å². The van der Waals surface area contributed by atoms with Gasteiger partial charge in [0.05, 0.1) is 14.2 Å². The number of aliphatic hydroxyl groups excluding tert-OH is 1. The largest absolute Gasteiger partial charge is 0.497 e. The molecule has 4 nitrogen and oxygen atoms in total. The van der Waals surface area contributed by atoms with Crippen molar-refractivity contribution in [3.05, 3.63) is 23.3 Å². The summed E-state index contributed by atoms with van der Waals surface area (Å²) in [7, 11) is 3.33. The molecule has 0 radical (unpaired) electrons. The van der Waals surface area contributed by atoms with Gasteiger partial charge in [-0.05, 0) is 50.0 Å². The normalized spacial score (nSPS) is 10.4. The van der Waals surface area contributed by atoms with E-state index in [0.29, 0.717) is 0 Å². The Bertz CT molecular complexity index is 366. The number of ether oxygens (including phenoxy) is 2. The van der Waals surface area contributed by atoms with Gasteiger partial charge in [0.15, 0.2) is 0 Å². The van der Waals surface area contributed by atoms with Crippen LogP contribution in [0.15, 0.2) is 12.1 Å². The molecule has 0 atom stereocenters. The Morgan fingerprint density at radius 1 is 1.17 bits per heavy atom. The van der Waals surface area contributed by atoms with Crippen LogP contribution >= 0.6 is 0 Å². The van der Waals surface area contributed by atoms with Crippen molar-refractivity contribution in [3.63, 3.8) is 0 Å². The number of benzene rings is 1. The van der Waals surface area contributed by atoms with E-state index in [4.69, 9.17) is 14.6 Å². The van der Waals surface area contributed by atoms with Gasteiger partial charge < -0.3 is 19.9 Å². The van der Waals surface area contributed by atoms with Gasteiger partial charge in [0.25, 0.3) is 0 Å². The maximum Gasteiger partial charge on any atom is 0.126 e. The van der Waals surface area contributed by atoms with E-state index in [1.807, 2.05) is 12.1 Å². The Labute approximate surface area is 109 Å². The summed E-state index contributed by atoms with van der Waals surface area (Å²) >= 11 is 0. The molecule has 1 aromatic rings. The zero-order valence-electron chi connectivity index (χ0n) is 11.5. The molecule has 0 aliphatic rings. The lowest BCUT2D eigenvalue weighted by molar-refractivity contribution is 0.286. The Kier molecular flexibility index (Phi) is 6.54. The first kappa shape index (κ1) is 14.8. The molecule has 4 heteroatoms. The van der Waals surface area contributed by atoms with Crippen LogP contribution in [0.3, 0.4) is 0 Å². The van der Waals surface area contributed by atoms with Gasteiger partial charge in [-0.3, -0.25) is 0 Å². The van der Waals surface area contributed by atoms with Crippen LogP contribution in [0.5, 0.6) is 11.5 Å². The molecule has 0 aliphatic heterocycles. The van der Waals surface area contributed by atoms with Gasteiger partial charge >= 0.3 is 0 Å². The number of methoxy groups -OCH3 is 2. The lowest BCUT2D eigenvalue weighted by Crippen LogP contribution is -2.19. The Balaban J connectivity index is 2.63. The van der Waals surface area contributed by atoms with E-state index in [0.717, 1.165) is 37.4 Å². The first-order chi connectivity index (χ1) is 8.72. The van der Waals surface area contributed by atoms with Crippen LogP contribution in [-0.4, -0.2) is 39.0 Å². The van der Waals surface area contributed by atoms with Crippen molar-refractivity contribution in [2.45, 2.75) is 19.8 Å². The molecule has 0 saturated heterocycles. The zero-order chi connectivity index (χ0) is 13.4. The van der Waals surface area contributed by atoms with Crippen LogP contribution in [0.25, 0.3) is 0 Å². The van der Waals surface area contributed by atoms with Crippen LogP contribution < -0.4 is 14.8 Å². The molecule has 0 aromatic heterocycles. The monoisotopic (exact) mass is 253 g/mol. The Hall–Kier alpha value is -1.26. The number of nitrogens with one attached hydrogen (secondary N) is 1. The SMILES string of the molecule is COc1cc(C)c(CCNCCCO)c(OC)c1. The predicted molar refractivity (Wildman–Crippen MR) is 72.6 cm³/mol. The molecule has 102 valence electrons. The minimum absolute atomic E-state index is 0.234. The topological polar surface area (TPSA) is 50.7 Å². The number of rotatable bonds is 8. The van der Waals surface area contributed by atoms with Crippen molar-refractivity contribution in [1.82, 2.24) is 5.32 Å². The van der Waals surface area contributed by atoms with Gasteiger partial charge in [-0.15, -0.1) is 0 Å². The summed E-state index contributed by atoms with van der Waals surface area (Å²) in [6.45, 7) is 4.02. The van der Waals surface area contributed by atoms with Crippen molar-refractivity contribution in [1.29, 1.82) is 0 Å². The first-order valence-electron chi connectivity index (χ1n) is 6.26. The molecule has 0 spiro atoms. The van der Waals surface area contributed by atoms with Crippen molar-refractivity contribution in [2.24, 2.45) is 0 Å². The lowest BCUT2D eigenvalue weighted by atomic mass is 10.0. The number of hydrogen-bond acceptors (Lipinski definition) is 4. The second kappa shape index (κ2) is 7.95. The second-order valence-electron chi connectivity index (χ2n) is 4.20. The van der Waals surface area contributed by atoms with Crippen molar-refractivity contribution < 1.29 is 14.6 Å². The molecule has 1 aromatic carbocycles. The van der Waals surface area contributed by atoms with E-state index in [1.54, 1.807) is 14.2 Å². The summed E-state index contributed by atoms with van der Waals surface area (Å²) in [6, 6.07) is 3.93. The van der Waals surface area contributed by atoms with Crippen LogP contribution in [-0.2, 0) is 6.42 Å². The van der Waals surface area contributed by atoms with Crippen LogP contribution in [0, 0.1) is 6.92 Å². The number of hydrogen-bond donors (Lipinski definition) is 2. The summed E-state index contributed by atoms with van der Waals surface area (Å²) < 4.78 is 10.6. The molecule has 0 saturated carbocycles. The molecule has 2 N–H and O–H groups in total. The highest BCUT2D eigenvalue weighted by Gasteiger charge is 2.08. The summed E-state index contributed by atoms with van der Waals surface area (Å²) in [5, 5.41) is 12.0. The molecule has 0 bridgehead atoms. The predicted octanol–water partition coefficient (Wildman–Crippen LogP) is 1.53. The fourth-order valence-corrected chi connectivity index (χ4v) is 1.92. The number of aliphatic hydroxyl groups is 1. The van der Waals surface area contributed by atoms with Crippen molar-refractivity contribution in [3.8, 4) is 11.5 Å². The zero-order valence-corrected chi connectivity index (χ0v) is 11.5. The van der Waals surface area contributed by atoms with Crippen molar-refractivity contribution in [2.75, 3.05) is 33.9 Å². The summed E-state index contributed by atoms with van der Waals surface area (Å²) in [6.07, 6.45) is 1.70. The van der Waals surface area contributed by atoms with Gasteiger partial charge in [0.2, 0.25) is 0 Å². The summed E-state index contributed by atoms with van der Waals surface area (Å²) in [5.74, 6) is 1.69. The Morgan fingerprint density at radius 2 is 1.94 bits per heavy atom. The molecule has 1 rings (SSSR count). The minimum atomic E-state index is 0.234. The summed E-state index contributed by atoms with van der Waals surface area (Å²) in [5.41, 5.74) is 2.38.